The van der Waals surface area contributed by atoms with E-state index in [1.165, 1.54) is 12.1 Å². The normalized spacial score (nSPS) is 16.2. The van der Waals surface area contributed by atoms with Crippen LogP contribution in [0.15, 0.2) is 55.1 Å². The number of rotatable bonds is 5. The molecule has 0 radical (unpaired) electrons. The summed E-state index contributed by atoms with van der Waals surface area (Å²) in [5, 5.41) is 8.77. The molecule has 0 saturated carbocycles. The molecule has 1 saturated heterocycles. The van der Waals surface area contributed by atoms with E-state index in [4.69, 9.17) is 9.47 Å². The van der Waals surface area contributed by atoms with Gasteiger partial charge in [-0.05, 0) is 30.3 Å². The molecule has 1 aromatic heterocycles. The quantitative estimate of drug-likeness (QED) is 0.632. The van der Waals surface area contributed by atoms with Crippen molar-refractivity contribution < 1.29 is 27.4 Å². The number of urea groups is 1. The van der Waals surface area contributed by atoms with E-state index in [1.54, 1.807) is 24.3 Å². The van der Waals surface area contributed by atoms with Gasteiger partial charge in [0.05, 0.1) is 30.2 Å². The van der Waals surface area contributed by atoms with Crippen molar-refractivity contribution in [2.75, 3.05) is 23.8 Å². The van der Waals surface area contributed by atoms with Gasteiger partial charge in [0, 0.05) is 12.1 Å². The van der Waals surface area contributed by atoms with Crippen LogP contribution in [0.25, 0.3) is 5.69 Å². The molecule has 2 N–H and O–H groups in total. The molecule has 1 aliphatic heterocycles. The number of carbonyl (C=O) groups excluding carboxylic acids is 1. The lowest BCUT2D eigenvalue weighted by molar-refractivity contribution is -0.137. The summed E-state index contributed by atoms with van der Waals surface area (Å²) in [5.74, 6) is 0.450. The molecule has 0 aliphatic carbocycles. The Balaban J connectivity index is 1.50. The summed E-state index contributed by atoms with van der Waals surface area (Å²) >= 11 is 0. The Kier molecular flexibility index (Phi) is 5.76. The average Bonchev–Trinajstić information content (AvgIpc) is 3.43. The van der Waals surface area contributed by atoms with Crippen molar-refractivity contribution in [3.05, 3.63) is 60.7 Å². The molecule has 1 aliphatic rings. The number of amides is 2. The van der Waals surface area contributed by atoms with Crippen LogP contribution < -0.4 is 15.4 Å². The summed E-state index contributed by atoms with van der Waals surface area (Å²) in [7, 11) is 0. The van der Waals surface area contributed by atoms with E-state index in [9.17, 15) is 18.0 Å². The minimum absolute atomic E-state index is 0.0312. The number of hydrogen-bond donors (Lipinski definition) is 2. The Morgan fingerprint density at radius 3 is 2.74 bits per heavy atom. The topological polar surface area (TPSA) is 90.3 Å². The van der Waals surface area contributed by atoms with Gasteiger partial charge >= 0.3 is 12.2 Å². The summed E-state index contributed by atoms with van der Waals surface area (Å²) in [6, 6.07) is 9.50. The lowest BCUT2D eigenvalue weighted by atomic mass is 10.1. The zero-order valence-corrected chi connectivity index (χ0v) is 16.1. The van der Waals surface area contributed by atoms with Crippen LogP contribution in [0.2, 0.25) is 0 Å². The smallest absolute Gasteiger partial charge is 0.418 e. The summed E-state index contributed by atoms with van der Waals surface area (Å²) < 4.78 is 52.7. The molecule has 2 amide bonds. The first-order valence-corrected chi connectivity index (χ1v) is 9.38. The summed E-state index contributed by atoms with van der Waals surface area (Å²) in [6.07, 6.45) is -1.74. The first kappa shape index (κ1) is 20.7. The van der Waals surface area contributed by atoms with Crippen LogP contribution in [0.4, 0.5) is 29.3 Å². The van der Waals surface area contributed by atoms with Crippen LogP contribution in [-0.4, -0.2) is 40.1 Å². The molecule has 0 bridgehead atoms. The average molecular weight is 433 g/mol. The lowest BCUT2D eigenvalue weighted by Gasteiger charge is -2.17. The number of benzene rings is 2. The fourth-order valence-electron chi connectivity index (χ4n) is 3.12. The number of hydrogen-bond acceptors (Lipinski definition) is 5. The number of ether oxygens (including phenoxy) is 2. The molecule has 8 nitrogen and oxygen atoms in total. The summed E-state index contributed by atoms with van der Waals surface area (Å²) in [4.78, 5) is 16.1. The van der Waals surface area contributed by atoms with Crippen LogP contribution >= 0.6 is 0 Å². The van der Waals surface area contributed by atoms with Gasteiger partial charge in [0.1, 0.15) is 24.5 Å². The van der Waals surface area contributed by atoms with E-state index in [2.05, 4.69) is 20.7 Å². The highest BCUT2D eigenvalue weighted by molar-refractivity contribution is 6.00. The van der Waals surface area contributed by atoms with Gasteiger partial charge in [-0.15, -0.1) is 0 Å². The monoisotopic (exact) mass is 433 g/mol. The summed E-state index contributed by atoms with van der Waals surface area (Å²) in [5.41, 5.74) is -0.798. The number of aromatic nitrogens is 3. The molecule has 2 aromatic carbocycles. The number of nitrogens with zero attached hydrogens (tertiary/aromatic N) is 3. The minimum Gasteiger partial charge on any atom is -0.486 e. The van der Waals surface area contributed by atoms with Crippen LogP contribution in [0.1, 0.15) is 12.0 Å². The van der Waals surface area contributed by atoms with Gasteiger partial charge < -0.3 is 20.1 Å². The van der Waals surface area contributed by atoms with Crippen molar-refractivity contribution >= 4 is 17.4 Å². The fraction of sp³-hybridized carbons (Fsp3) is 0.250. The standard InChI is InChI=1S/C20H18F3N5O3/c21-20(22,23)15-9-13(5-6-17(15)28-12-24-11-25-28)26-19(29)27-16-3-1-2-4-18(16)31-14-7-8-30-10-14/h1-6,9,11-12,14H,7-8,10H2,(H2,26,27,29)/t14-/m0/s1. The second-order valence-corrected chi connectivity index (χ2v) is 6.75. The number of alkyl halides is 3. The predicted octanol–water partition coefficient (Wildman–Crippen LogP) is 4.10. The maximum Gasteiger partial charge on any atom is 0.418 e. The van der Waals surface area contributed by atoms with Crippen LogP contribution in [0.5, 0.6) is 5.75 Å². The Bertz CT molecular complexity index is 1050. The number of halogens is 3. The zero-order valence-electron chi connectivity index (χ0n) is 16.1. The zero-order chi connectivity index (χ0) is 21.8. The molecule has 0 spiro atoms. The maximum atomic E-state index is 13.5. The molecule has 162 valence electrons. The molecule has 3 aromatic rings. The van der Waals surface area contributed by atoms with E-state index >= 15 is 0 Å². The van der Waals surface area contributed by atoms with Crippen LogP contribution in [-0.2, 0) is 10.9 Å². The van der Waals surface area contributed by atoms with Crippen molar-refractivity contribution in [3.8, 4) is 11.4 Å². The van der Waals surface area contributed by atoms with Gasteiger partial charge in [-0.1, -0.05) is 12.1 Å². The van der Waals surface area contributed by atoms with Gasteiger partial charge in [0.15, 0.2) is 0 Å². The highest BCUT2D eigenvalue weighted by atomic mass is 19.4. The van der Waals surface area contributed by atoms with Gasteiger partial charge in [-0.3, -0.25) is 0 Å². The van der Waals surface area contributed by atoms with Gasteiger partial charge in [-0.25, -0.2) is 14.5 Å². The second-order valence-electron chi connectivity index (χ2n) is 6.75. The van der Waals surface area contributed by atoms with Crippen molar-refractivity contribution in [1.82, 2.24) is 14.8 Å². The van der Waals surface area contributed by atoms with Crippen molar-refractivity contribution in [1.29, 1.82) is 0 Å². The third-order valence-corrected chi connectivity index (χ3v) is 4.54. The second kappa shape index (κ2) is 8.64. The first-order valence-electron chi connectivity index (χ1n) is 9.38. The van der Waals surface area contributed by atoms with E-state index in [1.807, 2.05) is 0 Å². The number of nitrogens with one attached hydrogen (secondary N) is 2. The Labute approximate surface area is 175 Å². The molecular weight excluding hydrogens is 415 g/mol. The molecule has 4 rings (SSSR count). The minimum atomic E-state index is -4.65. The Morgan fingerprint density at radius 1 is 1.19 bits per heavy atom. The first-order chi connectivity index (χ1) is 14.9. The Hall–Kier alpha value is -3.60. The largest absolute Gasteiger partial charge is 0.486 e. The van der Waals surface area contributed by atoms with Crippen molar-refractivity contribution in [2.45, 2.75) is 18.7 Å². The molecular formula is C20H18F3N5O3. The fourth-order valence-corrected chi connectivity index (χ4v) is 3.12. The van der Waals surface area contributed by atoms with E-state index in [-0.39, 0.29) is 17.5 Å². The molecule has 0 unspecified atom stereocenters. The SMILES string of the molecule is O=C(Nc1ccc(-n2cncn2)c(C(F)(F)F)c1)Nc1ccccc1O[C@H]1CCOC1. The van der Waals surface area contributed by atoms with Gasteiger partial charge in [0.2, 0.25) is 0 Å². The van der Waals surface area contributed by atoms with E-state index < -0.39 is 17.8 Å². The predicted molar refractivity (Wildman–Crippen MR) is 105 cm³/mol. The molecule has 1 fully saturated rings. The van der Waals surface area contributed by atoms with Gasteiger partial charge in [0.25, 0.3) is 0 Å². The third-order valence-electron chi connectivity index (χ3n) is 4.54. The summed E-state index contributed by atoms with van der Waals surface area (Å²) in [6.45, 7) is 1.06. The van der Waals surface area contributed by atoms with E-state index in [0.717, 1.165) is 29.8 Å². The molecule has 2 heterocycles. The van der Waals surface area contributed by atoms with Crippen molar-refractivity contribution in [3.63, 3.8) is 0 Å². The van der Waals surface area contributed by atoms with Crippen LogP contribution in [0.3, 0.4) is 0 Å². The van der Waals surface area contributed by atoms with Crippen LogP contribution in [0, 0.1) is 0 Å². The van der Waals surface area contributed by atoms with Gasteiger partial charge in [-0.2, -0.15) is 18.3 Å². The number of para-hydroxylation sites is 2. The Morgan fingerprint density at radius 2 is 2.03 bits per heavy atom. The molecule has 31 heavy (non-hydrogen) atoms. The maximum absolute atomic E-state index is 13.5. The lowest BCUT2D eigenvalue weighted by Crippen LogP contribution is -2.22. The number of carbonyl (C=O) groups is 1. The van der Waals surface area contributed by atoms with Crippen molar-refractivity contribution in [2.24, 2.45) is 0 Å². The highest BCUT2D eigenvalue weighted by Crippen LogP contribution is 2.35. The third kappa shape index (κ3) is 4.94. The molecule has 11 heteroatoms. The molecule has 1 atom stereocenters. The highest BCUT2D eigenvalue weighted by Gasteiger charge is 2.34. The number of anilines is 2. The van der Waals surface area contributed by atoms with E-state index in [0.29, 0.717) is 24.7 Å².